The molecule has 2 N–H and O–H groups in total. The molecule has 0 aliphatic carbocycles. The van der Waals surface area contributed by atoms with Crippen LogP contribution in [0.3, 0.4) is 0 Å². The van der Waals surface area contributed by atoms with Gasteiger partial charge < -0.3 is 14.9 Å². The van der Waals surface area contributed by atoms with Gasteiger partial charge in [-0.1, -0.05) is 29.4 Å². The van der Waals surface area contributed by atoms with E-state index in [0.29, 0.717) is 18.3 Å². The molecule has 1 aromatic heterocycles. The number of para-hydroxylation sites is 1. The van der Waals surface area contributed by atoms with E-state index in [1.54, 1.807) is 19.1 Å². The van der Waals surface area contributed by atoms with Crippen LogP contribution in [-0.2, 0) is 6.54 Å². The number of phenols is 1. The lowest BCUT2D eigenvalue weighted by molar-refractivity contribution is 0.426. The van der Waals surface area contributed by atoms with E-state index >= 15 is 0 Å². The van der Waals surface area contributed by atoms with Crippen molar-refractivity contribution < 1.29 is 9.63 Å². The molecule has 0 aliphatic rings. The third kappa shape index (κ3) is 3.02. The van der Waals surface area contributed by atoms with Crippen molar-refractivity contribution in [3.63, 3.8) is 0 Å². The van der Waals surface area contributed by atoms with Crippen molar-refractivity contribution in [3.05, 3.63) is 59.9 Å². The number of aromatic hydroxyl groups is 1. The van der Waals surface area contributed by atoms with Gasteiger partial charge in [-0.2, -0.15) is 4.98 Å². The molecule has 21 heavy (non-hydrogen) atoms. The molecule has 106 valence electrons. The Morgan fingerprint density at radius 1 is 1.10 bits per heavy atom. The van der Waals surface area contributed by atoms with Crippen molar-refractivity contribution in [2.45, 2.75) is 13.5 Å². The Kier molecular flexibility index (Phi) is 3.55. The molecule has 0 unspecified atom stereocenters. The molecule has 0 bridgehead atoms. The molecule has 0 fully saturated rings. The van der Waals surface area contributed by atoms with Crippen LogP contribution in [0.15, 0.2) is 53.1 Å². The molecule has 5 nitrogen and oxygen atoms in total. The highest BCUT2D eigenvalue weighted by Crippen LogP contribution is 2.26. The zero-order valence-corrected chi connectivity index (χ0v) is 11.6. The van der Waals surface area contributed by atoms with Crippen molar-refractivity contribution in [1.29, 1.82) is 0 Å². The smallest absolute Gasteiger partial charge is 0.260 e. The minimum atomic E-state index is 0.264. The van der Waals surface area contributed by atoms with Crippen molar-refractivity contribution in [3.8, 4) is 17.2 Å². The number of phenolic OH excluding ortho intramolecular Hbond substituents is 1. The summed E-state index contributed by atoms with van der Waals surface area (Å²) in [6.07, 6.45) is 0. The van der Waals surface area contributed by atoms with Gasteiger partial charge >= 0.3 is 0 Å². The van der Waals surface area contributed by atoms with Crippen LogP contribution in [0.2, 0.25) is 0 Å². The number of benzene rings is 2. The summed E-state index contributed by atoms with van der Waals surface area (Å²) < 4.78 is 5.22. The SMILES string of the molecule is Cc1noc(-c2ccccc2NCc2ccc(O)cc2)n1. The molecule has 1 heterocycles. The van der Waals surface area contributed by atoms with Crippen LogP contribution in [0.1, 0.15) is 11.4 Å². The minimum absolute atomic E-state index is 0.264. The quantitative estimate of drug-likeness (QED) is 0.767. The fraction of sp³-hybridized carbons (Fsp3) is 0.125. The summed E-state index contributed by atoms with van der Waals surface area (Å²) in [5, 5.41) is 16.5. The maximum absolute atomic E-state index is 9.29. The van der Waals surface area contributed by atoms with E-state index < -0.39 is 0 Å². The molecule has 0 amide bonds. The number of nitrogens with zero attached hydrogens (tertiary/aromatic N) is 2. The number of nitrogens with one attached hydrogen (secondary N) is 1. The number of anilines is 1. The van der Waals surface area contributed by atoms with Gasteiger partial charge in [-0.3, -0.25) is 0 Å². The Hall–Kier alpha value is -2.82. The first kappa shape index (κ1) is 13.2. The Morgan fingerprint density at radius 2 is 1.86 bits per heavy atom. The minimum Gasteiger partial charge on any atom is -0.508 e. The highest BCUT2D eigenvalue weighted by atomic mass is 16.5. The van der Waals surface area contributed by atoms with Gasteiger partial charge in [0.15, 0.2) is 5.82 Å². The molecule has 3 rings (SSSR count). The maximum atomic E-state index is 9.29. The van der Waals surface area contributed by atoms with Gasteiger partial charge in [-0.05, 0) is 36.8 Å². The van der Waals surface area contributed by atoms with E-state index in [1.165, 1.54) is 0 Å². The van der Waals surface area contributed by atoms with Gasteiger partial charge in [-0.15, -0.1) is 0 Å². The van der Waals surface area contributed by atoms with Gasteiger partial charge in [0.1, 0.15) is 5.75 Å². The van der Waals surface area contributed by atoms with E-state index in [0.717, 1.165) is 16.8 Å². The lowest BCUT2D eigenvalue weighted by Crippen LogP contribution is -2.00. The average Bonchev–Trinajstić information content (AvgIpc) is 2.93. The molecule has 2 aromatic carbocycles. The second kappa shape index (κ2) is 5.66. The molecule has 0 saturated heterocycles. The van der Waals surface area contributed by atoms with Crippen molar-refractivity contribution in [1.82, 2.24) is 10.1 Å². The summed E-state index contributed by atoms with van der Waals surface area (Å²) in [6, 6.07) is 14.9. The van der Waals surface area contributed by atoms with Crippen LogP contribution in [-0.4, -0.2) is 15.2 Å². The Balaban J connectivity index is 1.81. The van der Waals surface area contributed by atoms with Gasteiger partial charge in [0.25, 0.3) is 5.89 Å². The molecule has 0 aliphatic heterocycles. The van der Waals surface area contributed by atoms with Crippen LogP contribution < -0.4 is 5.32 Å². The third-order valence-electron chi connectivity index (χ3n) is 3.10. The zero-order chi connectivity index (χ0) is 14.7. The van der Waals surface area contributed by atoms with Gasteiger partial charge in [0.2, 0.25) is 0 Å². The van der Waals surface area contributed by atoms with Gasteiger partial charge in [-0.25, -0.2) is 0 Å². The first-order valence-corrected chi connectivity index (χ1v) is 6.64. The van der Waals surface area contributed by atoms with E-state index in [-0.39, 0.29) is 5.75 Å². The lowest BCUT2D eigenvalue weighted by Gasteiger charge is -2.09. The predicted molar refractivity (Wildman–Crippen MR) is 79.9 cm³/mol. The van der Waals surface area contributed by atoms with E-state index in [4.69, 9.17) is 4.52 Å². The lowest BCUT2D eigenvalue weighted by atomic mass is 10.1. The summed E-state index contributed by atoms with van der Waals surface area (Å²) in [6.45, 7) is 2.43. The molecule has 0 saturated carbocycles. The molecule has 0 radical (unpaired) electrons. The van der Waals surface area contributed by atoms with E-state index in [1.807, 2.05) is 36.4 Å². The van der Waals surface area contributed by atoms with Crippen LogP contribution in [0, 0.1) is 6.92 Å². The van der Waals surface area contributed by atoms with Crippen LogP contribution in [0.4, 0.5) is 5.69 Å². The summed E-state index contributed by atoms with van der Waals surface area (Å²) in [7, 11) is 0. The topological polar surface area (TPSA) is 71.2 Å². The van der Waals surface area contributed by atoms with Gasteiger partial charge in [0, 0.05) is 12.2 Å². The normalized spacial score (nSPS) is 10.5. The molecule has 3 aromatic rings. The van der Waals surface area contributed by atoms with Crippen LogP contribution in [0.5, 0.6) is 5.75 Å². The molecule has 5 heteroatoms. The standard InChI is InChI=1S/C16H15N3O2/c1-11-18-16(21-19-11)14-4-2-3-5-15(14)17-10-12-6-8-13(20)9-7-12/h2-9,17,20H,10H2,1H3. The fourth-order valence-corrected chi connectivity index (χ4v) is 2.04. The summed E-state index contributed by atoms with van der Waals surface area (Å²) >= 11 is 0. The first-order chi connectivity index (χ1) is 10.2. The average molecular weight is 281 g/mol. The third-order valence-corrected chi connectivity index (χ3v) is 3.10. The van der Waals surface area contributed by atoms with Crippen LogP contribution >= 0.6 is 0 Å². The van der Waals surface area contributed by atoms with Crippen molar-refractivity contribution in [2.24, 2.45) is 0 Å². The van der Waals surface area contributed by atoms with Crippen molar-refractivity contribution in [2.75, 3.05) is 5.32 Å². The predicted octanol–water partition coefficient (Wildman–Crippen LogP) is 3.36. The summed E-state index contributed by atoms with van der Waals surface area (Å²) in [4.78, 5) is 4.26. The number of hydrogen-bond acceptors (Lipinski definition) is 5. The number of rotatable bonds is 4. The number of aromatic nitrogens is 2. The first-order valence-electron chi connectivity index (χ1n) is 6.64. The largest absolute Gasteiger partial charge is 0.508 e. The maximum Gasteiger partial charge on any atom is 0.260 e. The molecule has 0 spiro atoms. The van der Waals surface area contributed by atoms with E-state index in [2.05, 4.69) is 15.5 Å². The van der Waals surface area contributed by atoms with E-state index in [9.17, 15) is 5.11 Å². The number of aryl methyl sites for hydroxylation is 1. The second-order valence-corrected chi connectivity index (χ2v) is 4.71. The second-order valence-electron chi connectivity index (χ2n) is 4.71. The fourth-order valence-electron chi connectivity index (χ4n) is 2.04. The van der Waals surface area contributed by atoms with Crippen LogP contribution in [0.25, 0.3) is 11.5 Å². The van der Waals surface area contributed by atoms with Gasteiger partial charge in [0.05, 0.1) is 5.56 Å². The Bertz CT molecular complexity index is 735. The summed E-state index contributed by atoms with van der Waals surface area (Å²) in [5.41, 5.74) is 2.87. The molecule has 0 atom stereocenters. The number of hydrogen-bond donors (Lipinski definition) is 2. The zero-order valence-electron chi connectivity index (χ0n) is 11.6. The monoisotopic (exact) mass is 281 g/mol. The Morgan fingerprint density at radius 3 is 2.57 bits per heavy atom. The molecular formula is C16H15N3O2. The highest BCUT2D eigenvalue weighted by molar-refractivity contribution is 5.72. The van der Waals surface area contributed by atoms with Crippen molar-refractivity contribution >= 4 is 5.69 Å². The summed E-state index contributed by atoms with van der Waals surface area (Å²) in [5.74, 6) is 1.38. The molecular weight excluding hydrogens is 266 g/mol. The highest BCUT2D eigenvalue weighted by Gasteiger charge is 2.10. The Labute approximate surface area is 122 Å².